The van der Waals surface area contributed by atoms with Gasteiger partial charge in [-0.2, -0.15) is 0 Å². The maximum atomic E-state index is 12.7. The van der Waals surface area contributed by atoms with Gasteiger partial charge in [-0.15, -0.1) is 11.3 Å². The molecule has 2 aromatic heterocycles. The third kappa shape index (κ3) is 2.29. The largest absolute Gasteiger partial charge is 0.298 e. The minimum absolute atomic E-state index is 0.0604. The molecule has 0 unspecified atom stereocenters. The Kier molecular flexibility index (Phi) is 3.43. The van der Waals surface area contributed by atoms with Crippen LogP contribution in [0.5, 0.6) is 0 Å². The van der Waals surface area contributed by atoms with Crippen LogP contribution in [-0.4, -0.2) is 15.3 Å². The number of aromatic nitrogens is 2. The van der Waals surface area contributed by atoms with Gasteiger partial charge in [0.1, 0.15) is 4.83 Å². The molecule has 0 bridgehead atoms. The summed E-state index contributed by atoms with van der Waals surface area (Å²) in [4.78, 5) is 29.3. The van der Waals surface area contributed by atoms with Crippen molar-refractivity contribution in [3.05, 3.63) is 52.4 Å². The molecule has 0 saturated heterocycles. The Morgan fingerprint density at radius 2 is 2.00 bits per heavy atom. The zero-order valence-electron chi connectivity index (χ0n) is 11.7. The van der Waals surface area contributed by atoms with Gasteiger partial charge in [-0.3, -0.25) is 14.2 Å². The Balaban J connectivity index is 2.28. The van der Waals surface area contributed by atoms with Gasteiger partial charge in [0.2, 0.25) is 0 Å². The van der Waals surface area contributed by atoms with Gasteiger partial charge in [0.05, 0.1) is 17.8 Å². The summed E-state index contributed by atoms with van der Waals surface area (Å²) in [5.74, 6) is -0.0604. The molecule has 0 fully saturated rings. The fourth-order valence-corrected chi connectivity index (χ4v) is 3.15. The lowest BCUT2D eigenvalue weighted by molar-refractivity contribution is -0.119. The predicted octanol–water partition coefficient (Wildman–Crippen LogP) is 3.28. The van der Waals surface area contributed by atoms with Crippen LogP contribution in [0.15, 0.2) is 46.8 Å². The molecule has 0 aliphatic rings. The summed E-state index contributed by atoms with van der Waals surface area (Å²) in [5.41, 5.74) is 1.69. The first-order valence-electron chi connectivity index (χ1n) is 6.64. The first-order chi connectivity index (χ1) is 10.1. The zero-order valence-corrected chi connectivity index (χ0v) is 12.6. The van der Waals surface area contributed by atoms with E-state index in [4.69, 9.17) is 0 Å². The molecule has 2 heterocycles. The summed E-state index contributed by atoms with van der Waals surface area (Å²) < 4.78 is 1.41. The number of thiophene rings is 1. The second kappa shape index (κ2) is 5.26. The molecule has 0 aliphatic heterocycles. The number of fused-ring (bicyclic) bond motifs is 1. The van der Waals surface area contributed by atoms with Crippen LogP contribution in [0, 0.1) is 0 Å². The number of carbonyl (C=O) groups excluding carboxylic acids is 1. The number of hydrogen-bond donors (Lipinski definition) is 0. The zero-order chi connectivity index (χ0) is 15.0. The number of ketones is 1. The number of nitrogens with zero attached hydrogens (tertiary/aromatic N) is 2. The SMILES string of the molecule is CC(=O)[C@@H](C)n1cnc2scc(-c3ccccc3)c2c1=O. The number of rotatable bonds is 3. The van der Waals surface area contributed by atoms with Crippen molar-refractivity contribution in [3.63, 3.8) is 0 Å². The number of carbonyl (C=O) groups is 1. The van der Waals surface area contributed by atoms with Crippen molar-refractivity contribution >= 4 is 27.3 Å². The van der Waals surface area contributed by atoms with Gasteiger partial charge in [0.25, 0.3) is 5.56 Å². The first-order valence-corrected chi connectivity index (χ1v) is 7.51. The second-order valence-corrected chi connectivity index (χ2v) is 5.80. The van der Waals surface area contributed by atoms with Crippen molar-refractivity contribution in [1.29, 1.82) is 0 Å². The van der Waals surface area contributed by atoms with Gasteiger partial charge in [0, 0.05) is 10.9 Å². The highest BCUT2D eigenvalue weighted by atomic mass is 32.1. The summed E-state index contributed by atoms with van der Waals surface area (Å²) in [6, 6.07) is 9.24. The molecule has 0 amide bonds. The molecule has 0 aliphatic carbocycles. The average molecular weight is 298 g/mol. The van der Waals surface area contributed by atoms with Crippen LogP contribution < -0.4 is 5.56 Å². The minimum Gasteiger partial charge on any atom is -0.298 e. The molecule has 106 valence electrons. The van der Waals surface area contributed by atoms with E-state index in [0.29, 0.717) is 10.2 Å². The van der Waals surface area contributed by atoms with Crippen LogP contribution in [0.25, 0.3) is 21.3 Å². The van der Waals surface area contributed by atoms with Gasteiger partial charge >= 0.3 is 0 Å². The lowest BCUT2D eigenvalue weighted by Gasteiger charge is -2.11. The quantitative estimate of drug-likeness (QED) is 0.745. The molecule has 0 radical (unpaired) electrons. The standard InChI is InChI=1S/C16H14N2O2S/c1-10(11(2)19)18-9-17-15-14(16(18)20)13(8-21-15)12-6-4-3-5-7-12/h3-10H,1-2H3/t10-/m1/s1. The van der Waals surface area contributed by atoms with Crippen molar-refractivity contribution < 1.29 is 4.79 Å². The molecular weight excluding hydrogens is 284 g/mol. The van der Waals surface area contributed by atoms with Crippen LogP contribution >= 0.6 is 11.3 Å². The number of benzene rings is 1. The molecule has 1 atom stereocenters. The van der Waals surface area contributed by atoms with Crippen molar-refractivity contribution in [2.24, 2.45) is 0 Å². The van der Waals surface area contributed by atoms with E-state index in [-0.39, 0.29) is 11.3 Å². The summed E-state index contributed by atoms with van der Waals surface area (Å²) in [5, 5.41) is 2.53. The van der Waals surface area contributed by atoms with Gasteiger partial charge in [-0.05, 0) is 19.4 Å². The highest BCUT2D eigenvalue weighted by molar-refractivity contribution is 7.17. The molecule has 5 heteroatoms. The average Bonchev–Trinajstić information content (AvgIpc) is 2.92. The van der Waals surface area contributed by atoms with Crippen LogP contribution in [0.1, 0.15) is 19.9 Å². The van der Waals surface area contributed by atoms with Gasteiger partial charge in [-0.25, -0.2) is 4.98 Å². The van der Waals surface area contributed by atoms with E-state index in [9.17, 15) is 9.59 Å². The van der Waals surface area contributed by atoms with Crippen molar-refractivity contribution in [3.8, 4) is 11.1 Å². The first kappa shape index (κ1) is 13.7. The topological polar surface area (TPSA) is 52.0 Å². The van der Waals surface area contributed by atoms with Gasteiger partial charge in [-0.1, -0.05) is 30.3 Å². The van der Waals surface area contributed by atoms with E-state index in [1.54, 1.807) is 6.92 Å². The lowest BCUT2D eigenvalue weighted by atomic mass is 10.1. The molecule has 0 spiro atoms. The summed E-state index contributed by atoms with van der Waals surface area (Å²) >= 11 is 1.44. The molecule has 3 rings (SSSR count). The third-order valence-electron chi connectivity index (χ3n) is 3.61. The Hall–Kier alpha value is -2.27. The fraction of sp³-hybridized carbons (Fsp3) is 0.188. The maximum absolute atomic E-state index is 12.7. The molecule has 0 saturated carbocycles. The number of Topliss-reactive ketones (excluding diaryl/α,β-unsaturated/α-hetero) is 1. The monoisotopic (exact) mass is 298 g/mol. The molecule has 0 N–H and O–H groups in total. The normalized spacial score (nSPS) is 12.5. The predicted molar refractivity (Wildman–Crippen MR) is 84.7 cm³/mol. The van der Waals surface area contributed by atoms with E-state index in [1.807, 2.05) is 35.7 Å². The highest BCUT2D eigenvalue weighted by Crippen LogP contribution is 2.30. The minimum atomic E-state index is -0.502. The molecule has 1 aromatic carbocycles. The third-order valence-corrected chi connectivity index (χ3v) is 4.50. The van der Waals surface area contributed by atoms with Crippen molar-refractivity contribution in [2.45, 2.75) is 19.9 Å². The molecule has 21 heavy (non-hydrogen) atoms. The van der Waals surface area contributed by atoms with Gasteiger partial charge < -0.3 is 0 Å². The molecule has 4 nitrogen and oxygen atoms in total. The molecular formula is C16H14N2O2S. The van der Waals surface area contributed by atoms with Crippen LogP contribution in [0.4, 0.5) is 0 Å². The summed E-state index contributed by atoms with van der Waals surface area (Å²) in [6.07, 6.45) is 1.46. The van der Waals surface area contributed by atoms with E-state index in [1.165, 1.54) is 29.2 Å². The number of hydrogen-bond acceptors (Lipinski definition) is 4. The summed E-state index contributed by atoms with van der Waals surface area (Å²) in [7, 11) is 0. The summed E-state index contributed by atoms with van der Waals surface area (Å²) in [6.45, 7) is 3.19. The van der Waals surface area contributed by atoms with Crippen LogP contribution in [-0.2, 0) is 4.79 Å². The maximum Gasteiger partial charge on any atom is 0.263 e. The Morgan fingerprint density at radius 3 is 2.67 bits per heavy atom. The van der Waals surface area contributed by atoms with Crippen molar-refractivity contribution in [2.75, 3.05) is 0 Å². The Bertz CT molecular complexity index is 865. The van der Waals surface area contributed by atoms with Crippen LogP contribution in [0.2, 0.25) is 0 Å². The molecule has 3 aromatic rings. The fourth-order valence-electron chi connectivity index (χ4n) is 2.25. The Labute approximate surface area is 125 Å². The van der Waals surface area contributed by atoms with E-state index in [0.717, 1.165) is 11.1 Å². The van der Waals surface area contributed by atoms with E-state index in [2.05, 4.69) is 4.98 Å². The van der Waals surface area contributed by atoms with E-state index < -0.39 is 6.04 Å². The van der Waals surface area contributed by atoms with Crippen molar-refractivity contribution in [1.82, 2.24) is 9.55 Å². The van der Waals surface area contributed by atoms with E-state index >= 15 is 0 Å². The Morgan fingerprint density at radius 1 is 1.29 bits per heavy atom. The second-order valence-electron chi connectivity index (χ2n) is 4.94. The highest BCUT2D eigenvalue weighted by Gasteiger charge is 2.17. The lowest BCUT2D eigenvalue weighted by Crippen LogP contribution is -2.27. The van der Waals surface area contributed by atoms with Crippen LogP contribution in [0.3, 0.4) is 0 Å². The van der Waals surface area contributed by atoms with Gasteiger partial charge in [0.15, 0.2) is 5.78 Å². The smallest absolute Gasteiger partial charge is 0.263 e.